The molecule has 5 heteroatoms. The molecule has 0 amide bonds. The summed E-state index contributed by atoms with van der Waals surface area (Å²) in [6.45, 7) is 1.99. The third-order valence-electron chi connectivity index (χ3n) is 2.36. The van der Waals surface area contributed by atoms with Gasteiger partial charge in [-0.25, -0.2) is 9.97 Å². The summed E-state index contributed by atoms with van der Waals surface area (Å²) in [5.41, 5.74) is 7.99. The number of ether oxygens (including phenoxy) is 1. The highest BCUT2D eigenvalue weighted by molar-refractivity contribution is 6.32. The lowest BCUT2D eigenvalue weighted by Crippen LogP contribution is -1.97. The molecule has 2 rings (SSSR count). The highest BCUT2D eigenvalue weighted by atomic mass is 35.5. The fraction of sp³-hybridized carbons (Fsp3) is 0.167. The number of nitrogen functional groups attached to an aromatic ring is 1. The van der Waals surface area contributed by atoms with Crippen molar-refractivity contribution in [1.82, 2.24) is 9.97 Å². The van der Waals surface area contributed by atoms with Crippen LogP contribution in [0.25, 0.3) is 11.3 Å². The Kier molecular flexibility index (Phi) is 3.15. The summed E-state index contributed by atoms with van der Waals surface area (Å²) in [6.07, 6.45) is 1.48. The molecule has 0 spiro atoms. The van der Waals surface area contributed by atoms with Gasteiger partial charge in [0.2, 0.25) is 0 Å². The number of aryl methyl sites for hydroxylation is 1. The molecule has 0 radical (unpaired) electrons. The van der Waals surface area contributed by atoms with Gasteiger partial charge in [-0.15, -0.1) is 0 Å². The SMILES string of the molecule is COc1ccc(C)cc1-c1ncc(N)nc1Cl. The third-order valence-corrected chi connectivity index (χ3v) is 2.62. The zero-order valence-corrected chi connectivity index (χ0v) is 10.3. The van der Waals surface area contributed by atoms with Crippen molar-refractivity contribution in [1.29, 1.82) is 0 Å². The molecular weight excluding hydrogens is 238 g/mol. The molecule has 0 bridgehead atoms. The zero-order chi connectivity index (χ0) is 12.4. The van der Waals surface area contributed by atoms with Crippen LogP contribution in [0, 0.1) is 6.92 Å². The zero-order valence-electron chi connectivity index (χ0n) is 9.57. The lowest BCUT2D eigenvalue weighted by molar-refractivity contribution is 0.416. The quantitative estimate of drug-likeness (QED) is 0.889. The van der Waals surface area contributed by atoms with E-state index in [1.165, 1.54) is 6.20 Å². The Morgan fingerprint density at radius 2 is 2.12 bits per heavy atom. The van der Waals surface area contributed by atoms with Crippen LogP contribution in [0.4, 0.5) is 5.82 Å². The van der Waals surface area contributed by atoms with Crippen molar-refractivity contribution < 1.29 is 4.74 Å². The Hall–Kier alpha value is -1.81. The Bertz CT molecular complexity index is 557. The second-order valence-electron chi connectivity index (χ2n) is 3.64. The fourth-order valence-corrected chi connectivity index (χ4v) is 1.81. The van der Waals surface area contributed by atoms with Crippen LogP contribution in [0.2, 0.25) is 5.15 Å². The van der Waals surface area contributed by atoms with Gasteiger partial charge in [0.1, 0.15) is 17.3 Å². The van der Waals surface area contributed by atoms with E-state index in [1.807, 2.05) is 25.1 Å². The smallest absolute Gasteiger partial charge is 0.157 e. The number of hydrogen-bond donors (Lipinski definition) is 1. The molecule has 1 aromatic carbocycles. The molecule has 1 heterocycles. The monoisotopic (exact) mass is 249 g/mol. The second kappa shape index (κ2) is 4.59. The maximum atomic E-state index is 6.04. The molecule has 0 aliphatic heterocycles. The van der Waals surface area contributed by atoms with Crippen molar-refractivity contribution in [2.75, 3.05) is 12.8 Å². The van der Waals surface area contributed by atoms with Crippen LogP contribution in [-0.4, -0.2) is 17.1 Å². The maximum absolute atomic E-state index is 6.04. The molecule has 0 atom stereocenters. The van der Waals surface area contributed by atoms with Gasteiger partial charge >= 0.3 is 0 Å². The standard InChI is InChI=1S/C12H12ClN3O/c1-7-3-4-9(17-2)8(5-7)11-12(13)16-10(14)6-15-11/h3-6H,1-2H3,(H2,14,16). The molecule has 0 saturated carbocycles. The lowest BCUT2D eigenvalue weighted by Gasteiger charge is -2.10. The molecule has 2 aromatic rings. The van der Waals surface area contributed by atoms with Gasteiger partial charge in [0.05, 0.1) is 13.3 Å². The van der Waals surface area contributed by atoms with Crippen LogP contribution < -0.4 is 10.5 Å². The first-order valence-corrected chi connectivity index (χ1v) is 5.42. The van der Waals surface area contributed by atoms with E-state index in [9.17, 15) is 0 Å². The third kappa shape index (κ3) is 2.31. The van der Waals surface area contributed by atoms with Gasteiger partial charge in [0.25, 0.3) is 0 Å². The van der Waals surface area contributed by atoms with E-state index >= 15 is 0 Å². The van der Waals surface area contributed by atoms with Gasteiger partial charge in [0.15, 0.2) is 5.15 Å². The first-order chi connectivity index (χ1) is 8.11. The highest BCUT2D eigenvalue weighted by Gasteiger charge is 2.12. The molecule has 2 N–H and O–H groups in total. The van der Waals surface area contributed by atoms with E-state index < -0.39 is 0 Å². The molecule has 0 aliphatic rings. The Morgan fingerprint density at radius 1 is 1.35 bits per heavy atom. The van der Waals surface area contributed by atoms with Gasteiger partial charge in [-0.05, 0) is 19.1 Å². The minimum absolute atomic E-state index is 0.272. The summed E-state index contributed by atoms with van der Waals surface area (Å²) >= 11 is 6.04. The van der Waals surface area contributed by atoms with Crippen molar-refractivity contribution in [3.8, 4) is 17.0 Å². The summed E-state index contributed by atoms with van der Waals surface area (Å²) in [6, 6.07) is 5.78. The Labute approximate surface area is 104 Å². The molecule has 0 unspecified atom stereocenters. The summed E-state index contributed by atoms with van der Waals surface area (Å²) in [7, 11) is 1.60. The number of nitrogens with zero attached hydrogens (tertiary/aromatic N) is 2. The summed E-state index contributed by atoms with van der Waals surface area (Å²) < 4.78 is 5.28. The van der Waals surface area contributed by atoms with Gasteiger partial charge in [-0.3, -0.25) is 0 Å². The van der Waals surface area contributed by atoms with Crippen LogP contribution in [0.3, 0.4) is 0 Å². The normalized spacial score (nSPS) is 10.3. The number of rotatable bonds is 2. The molecule has 1 aromatic heterocycles. The molecule has 0 fully saturated rings. The molecule has 17 heavy (non-hydrogen) atoms. The molecule has 4 nitrogen and oxygen atoms in total. The van der Waals surface area contributed by atoms with Gasteiger partial charge < -0.3 is 10.5 Å². The first kappa shape index (κ1) is 11.7. The van der Waals surface area contributed by atoms with E-state index in [4.69, 9.17) is 22.1 Å². The van der Waals surface area contributed by atoms with E-state index in [-0.39, 0.29) is 5.15 Å². The van der Waals surface area contributed by atoms with Crippen LogP contribution in [0.1, 0.15) is 5.56 Å². The summed E-state index contributed by atoms with van der Waals surface area (Å²) in [5.74, 6) is 1.00. The van der Waals surface area contributed by atoms with Crippen LogP contribution in [0.15, 0.2) is 24.4 Å². The van der Waals surface area contributed by atoms with Crippen LogP contribution in [0.5, 0.6) is 5.75 Å². The van der Waals surface area contributed by atoms with Crippen LogP contribution >= 0.6 is 11.6 Å². The summed E-state index contributed by atoms with van der Waals surface area (Å²) in [4.78, 5) is 8.18. The van der Waals surface area contributed by atoms with E-state index in [0.717, 1.165) is 11.1 Å². The predicted octanol–water partition coefficient (Wildman–Crippen LogP) is 2.70. The minimum Gasteiger partial charge on any atom is -0.496 e. The van der Waals surface area contributed by atoms with Crippen LogP contribution in [-0.2, 0) is 0 Å². The highest BCUT2D eigenvalue weighted by Crippen LogP contribution is 2.33. The van der Waals surface area contributed by atoms with Crippen molar-refractivity contribution >= 4 is 17.4 Å². The number of methoxy groups -OCH3 is 1. The van der Waals surface area contributed by atoms with E-state index in [2.05, 4.69) is 9.97 Å². The number of halogens is 1. The van der Waals surface area contributed by atoms with Gasteiger partial charge in [-0.1, -0.05) is 23.2 Å². The van der Waals surface area contributed by atoms with Crippen molar-refractivity contribution in [2.45, 2.75) is 6.92 Å². The number of hydrogen-bond acceptors (Lipinski definition) is 4. The summed E-state index contributed by atoms with van der Waals surface area (Å²) in [5, 5.41) is 0.272. The number of benzene rings is 1. The van der Waals surface area contributed by atoms with E-state index in [1.54, 1.807) is 7.11 Å². The molecule has 0 saturated heterocycles. The van der Waals surface area contributed by atoms with Gasteiger partial charge in [0, 0.05) is 5.56 Å². The number of nitrogens with two attached hydrogens (primary N) is 1. The maximum Gasteiger partial charge on any atom is 0.157 e. The number of aromatic nitrogens is 2. The van der Waals surface area contributed by atoms with Crippen molar-refractivity contribution in [3.05, 3.63) is 35.1 Å². The minimum atomic E-state index is 0.272. The largest absolute Gasteiger partial charge is 0.496 e. The fourth-order valence-electron chi connectivity index (χ4n) is 1.57. The Morgan fingerprint density at radius 3 is 2.76 bits per heavy atom. The average Bonchev–Trinajstić information content (AvgIpc) is 2.29. The first-order valence-electron chi connectivity index (χ1n) is 5.05. The topological polar surface area (TPSA) is 61.0 Å². The molecule has 0 aliphatic carbocycles. The van der Waals surface area contributed by atoms with E-state index in [0.29, 0.717) is 17.3 Å². The van der Waals surface area contributed by atoms with Crippen molar-refractivity contribution in [2.24, 2.45) is 0 Å². The predicted molar refractivity (Wildman–Crippen MR) is 68.2 cm³/mol. The molecule has 88 valence electrons. The lowest BCUT2D eigenvalue weighted by atomic mass is 10.1. The molecular formula is C12H12ClN3O. The Balaban J connectivity index is 2.62. The van der Waals surface area contributed by atoms with Crippen molar-refractivity contribution in [3.63, 3.8) is 0 Å². The second-order valence-corrected chi connectivity index (χ2v) is 4.00. The van der Waals surface area contributed by atoms with Gasteiger partial charge in [-0.2, -0.15) is 0 Å². The number of anilines is 1. The average molecular weight is 250 g/mol.